The number of ether oxygens (including phenoxy) is 1. The smallest absolute Gasteiger partial charge is 0.137 e. The first-order valence-electron chi connectivity index (χ1n) is 6.46. The number of hydrogen-bond acceptors (Lipinski definition) is 4. The third-order valence-electron chi connectivity index (χ3n) is 2.62. The van der Waals surface area contributed by atoms with E-state index in [4.69, 9.17) is 16.3 Å². The van der Waals surface area contributed by atoms with Gasteiger partial charge >= 0.3 is 0 Å². The van der Waals surface area contributed by atoms with Gasteiger partial charge in [0.15, 0.2) is 0 Å². The summed E-state index contributed by atoms with van der Waals surface area (Å²) in [7, 11) is 0. The van der Waals surface area contributed by atoms with E-state index in [0.29, 0.717) is 17.7 Å². The number of hydrogen-bond donors (Lipinski definition) is 1. The summed E-state index contributed by atoms with van der Waals surface area (Å²) in [5.74, 6) is 1.50. The Balaban J connectivity index is 2.29. The second kappa shape index (κ2) is 8.27. The average molecular weight is 272 g/mol. The zero-order valence-corrected chi connectivity index (χ0v) is 12.1. The Kier molecular flexibility index (Phi) is 6.98. The molecule has 0 aliphatic rings. The molecule has 0 saturated heterocycles. The lowest BCUT2D eigenvalue weighted by Crippen LogP contribution is -2.13. The quantitative estimate of drug-likeness (QED) is 0.583. The minimum atomic E-state index is 0.524. The van der Waals surface area contributed by atoms with Crippen LogP contribution in [0.3, 0.4) is 0 Å². The molecule has 0 amide bonds. The first-order chi connectivity index (χ1) is 8.65. The third kappa shape index (κ3) is 5.19. The Morgan fingerprint density at radius 2 is 2.11 bits per heavy atom. The SMILES string of the molecule is CCc1c(Cl)ncnc1NCCOCCC(C)C. The summed E-state index contributed by atoms with van der Waals surface area (Å²) < 4.78 is 5.53. The number of anilines is 1. The summed E-state index contributed by atoms with van der Waals surface area (Å²) in [5, 5.41) is 3.76. The minimum absolute atomic E-state index is 0.524. The third-order valence-corrected chi connectivity index (χ3v) is 2.95. The van der Waals surface area contributed by atoms with Gasteiger partial charge in [0, 0.05) is 18.7 Å². The molecule has 1 rings (SSSR count). The van der Waals surface area contributed by atoms with Crippen molar-refractivity contribution >= 4 is 17.4 Å². The van der Waals surface area contributed by atoms with Crippen molar-refractivity contribution in [3.63, 3.8) is 0 Å². The summed E-state index contributed by atoms with van der Waals surface area (Å²) in [5.41, 5.74) is 0.960. The van der Waals surface area contributed by atoms with Crippen LogP contribution in [0.25, 0.3) is 0 Å². The van der Waals surface area contributed by atoms with E-state index < -0.39 is 0 Å². The fourth-order valence-electron chi connectivity index (χ4n) is 1.52. The van der Waals surface area contributed by atoms with Crippen molar-refractivity contribution in [2.75, 3.05) is 25.1 Å². The summed E-state index contributed by atoms with van der Waals surface area (Å²) >= 11 is 6.00. The molecule has 1 N–H and O–H groups in total. The van der Waals surface area contributed by atoms with Gasteiger partial charge in [-0.25, -0.2) is 9.97 Å². The lowest BCUT2D eigenvalue weighted by molar-refractivity contribution is 0.132. The van der Waals surface area contributed by atoms with Crippen molar-refractivity contribution in [1.29, 1.82) is 0 Å². The van der Waals surface area contributed by atoms with Gasteiger partial charge in [-0.15, -0.1) is 0 Å². The van der Waals surface area contributed by atoms with Crippen molar-refractivity contribution in [2.45, 2.75) is 33.6 Å². The fourth-order valence-corrected chi connectivity index (χ4v) is 1.79. The van der Waals surface area contributed by atoms with Gasteiger partial charge in [0.25, 0.3) is 0 Å². The van der Waals surface area contributed by atoms with Crippen LogP contribution in [0.5, 0.6) is 0 Å². The van der Waals surface area contributed by atoms with Crippen LogP contribution in [0.4, 0.5) is 5.82 Å². The highest BCUT2D eigenvalue weighted by molar-refractivity contribution is 6.30. The molecule has 0 atom stereocenters. The Labute approximate surface area is 114 Å². The second-order valence-corrected chi connectivity index (χ2v) is 4.92. The van der Waals surface area contributed by atoms with Gasteiger partial charge in [-0.2, -0.15) is 0 Å². The van der Waals surface area contributed by atoms with Gasteiger partial charge in [-0.3, -0.25) is 0 Å². The lowest BCUT2D eigenvalue weighted by Gasteiger charge is -2.11. The topological polar surface area (TPSA) is 47.0 Å². The van der Waals surface area contributed by atoms with Crippen LogP contribution in [0.15, 0.2) is 6.33 Å². The molecule has 0 aliphatic carbocycles. The Morgan fingerprint density at radius 3 is 2.78 bits per heavy atom. The van der Waals surface area contributed by atoms with Crippen molar-refractivity contribution in [3.8, 4) is 0 Å². The summed E-state index contributed by atoms with van der Waals surface area (Å²) in [6.45, 7) is 8.64. The molecule has 1 heterocycles. The zero-order valence-electron chi connectivity index (χ0n) is 11.4. The highest BCUT2D eigenvalue weighted by Crippen LogP contribution is 2.19. The van der Waals surface area contributed by atoms with Gasteiger partial charge in [0.1, 0.15) is 17.3 Å². The molecule has 0 unspecified atom stereocenters. The van der Waals surface area contributed by atoms with Gasteiger partial charge in [0.05, 0.1) is 6.61 Å². The molecule has 0 bridgehead atoms. The normalized spacial score (nSPS) is 10.9. The Morgan fingerprint density at radius 1 is 1.33 bits per heavy atom. The molecular weight excluding hydrogens is 250 g/mol. The first kappa shape index (κ1) is 15.2. The standard InChI is InChI=1S/C13H22ClN3O/c1-4-11-12(14)16-9-17-13(11)15-6-8-18-7-5-10(2)3/h9-10H,4-8H2,1-3H3,(H,15,16,17). The maximum absolute atomic E-state index is 6.00. The predicted molar refractivity (Wildman–Crippen MR) is 75.2 cm³/mol. The average Bonchev–Trinajstić information content (AvgIpc) is 2.33. The predicted octanol–water partition coefficient (Wildman–Crippen LogP) is 3.17. The van der Waals surface area contributed by atoms with Crippen molar-refractivity contribution in [2.24, 2.45) is 5.92 Å². The Bertz CT molecular complexity index is 358. The van der Waals surface area contributed by atoms with E-state index in [1.54, 1.807) is 0 Å². The maximum Gasteiger partial charge on any atom is 0.137 e. The number of rotatable bonds is 8. The number of aromatic nitrogens is 2. The van der Waals surface area contributed by atoms with E-state index in [-0.39, 0.29) is 0 Å². The highest BCUT2D eigenvalue weighted by atomic mass is 35.5. The molecule has 1 aromatic heterocycles. The van der Waals surface area contributed by atoms with E-state index in [1.807, 2.05) is 6.92 Å². The molecule has 0 aromatic carbocycles. The highest BCUT2D eigenvalue weighted by Gasteiger charge is 2.06. The summed E-state index contributed by atoms with van der Waals surface area (Å²) in [6.07, 6.45) is 3.39. The van der Waals surface area contributed by atoms with Gasteiger partial charge in [-0.1, -0.05) is 32.4 Å². The first-order valence-corrected chi connectivity index (χ1v) is 6.84. The van der Waals surface area contributed by atoms with Crippen LogP contribution in [-0.2, 0) is 11.2 Å². The van der Waals surface area contributed by atoms with Crippen LogP contribution in [0.2, 0.25) is 5.15 Å². The van der Waals surface area contributed by atoms with E-state index in [9.17, 15) is 0 Å². The number of nitrogens with one attached hydrogen (secondary N) is 1. The number of nitrogens with zero attached hydrogens (tertiary/aromatic N) is 2. The molecule has 0 fully saturated rings. The van der Waals surface area contributed by atoms with Crippen molar-refractivity contribution in [1.82, 2.24) is 9.97 Å². The van der Waals surface area contributed by atoms with Crippen LogP contribution in [0.1, 0.15) is 32.8 Å². The number of halogens is 1. The molecule has 18 heavy (non-hydrogen) atoms. The van der Waals surface area contributed by atoms with Crippen molar-refractivity contribution in [3.05, 3.63) is 17.0 Å². The monoisotopic (exact) mass is 271 g/mol. The molecule has 102 valence electrons. The van der Waals surface area contributed by atoms with E-state index in [0.717, 1.165) is 37.4 Å². The zero-order chi connectivity index (χ0) is 13.4. The van der Waals surface area contributed by atoms with Crippen LogP contribution in [0, 0.1) is 5.92 Å². The van der Waals surface area contributed by atoms with Gasteiger partial charge in [0.2, 0.25) is 0 Å². The van der Waals surface area contributed by atoms with Gasteiger partial charge in [-0.05, 0) is 18.8 Å². The van der Waals surface area contributed by atoms with Gasteiger partial charge < -0.3 is 10.1 Å². The largest absolute Gasteiger partial charge is 0.380 e. The lowest BCUT2D eigenvalue weighted by atomic mass is 10.1. The summed E-state index contributed by atoms with van der Waals surface area (Å²) in [4.78, 5) is 8.16. The van der Waals surface area contributed by atoms with E-state index in [2.05, 4.69) is 29.1 Å². The van der Waals surface area contributed by atoms with E-state index >= 15 is 0 Å². The molecular formula is C13H22ClN3O. The molecule has 0 saturated carbocycles. The van der Waals surface area contributed by atoms with Crippen LogP contribution < -0.4 is 5.32 Å². The van der Waals surface area contributed by atoms with Crippen molar-refractivity contribution < 1.29 is 4.74 Å². The molecule has 0 spiro atoms. The molecule has 1 aromatic rings. The second-order valence-electron chi connectivity index (χ2n) is 4.57. The molecule has 0 radical (unpaired) electrons. The van der Waals surface area contributed by atoms with Crippen LogP contribution in [-0.4, -0.2) is 29.7 Å². The van der Waals surface area contributed by atoms with Crippen LogP contribution >= 0.6 is 11.6 Å². The van der Waals surface area contributed by atoms with E-state index in [1.165, 1.54) is 6.33 Å². The molecule has 0 aliphatic heterocycles. The Hall–Kier alpha value is -0.870. The minimum Gasteiger partial charge on any atom is -0.380 e. The molecule has 5 heteroatoms. The maximum atomic E-state index is 6.00. The molecule has 4 nitrogen and oxygen atoms in total. The fraction of sp³-hybridized carbons (Fsp3) is 0.692. The summed E-state index contributed by atoms with van der Waals surface area (Å²) in [6, 6.07) is 0.